The number of likely N-dealkylation sites (tertiary alicyclic amines) is 1. The molecule has 0 bridgehead atoms. The van der Waals surface area contributed by atoms with E-state index in [2.05, 4.69) is 4.90 Å². The van der Waals surface area contributed by atoms with Crippen LogP contribution in [0.4, 0.5) is 14.9 Å². The number of allylic oxidation sites excluding steroid dienone is 2. The SMILES string of the molecule is CC1=C(C)c2c(c(C(N)=O)cc(F)c2N2CC3CCCN(C(=O)OC(C)(C)C)C3C2)C1. The van der Waals surface area contributed by atoms with Gasteiger partial charge in [0.2, 0.25) is 5.91 Å². The van der Waals surface area contributed by atoms with Crippen molar-refractivity contribution >= 4 is 23.3 Å². The number of carbonyl (C=O) groups excluding carboxylic acids is 2. The van der Waals surface area contributed by atoms with Gasteiger partial charge >= 0.3 is 6.09 Å². The third kappa shape index (κ3) is 3.79. The van der Waals surface area contributed by atoms with Gasteiger partial charge in [0.05, 0.1) is 11.7 Å². The number of halogens is 1. The van der Waals surface area contributed by atoms with Crippen LogP contribution in [0.3, 0.4) is 0 Å². The lowest BCUT2D eigenvalue weighted by Gasteiger charge is -2.37. The standard InChI is InChI=1S/C24H32FN3O3/c1-13-9-16-17(22(26)29)10-18(25)21(20(16)14(13)2)27-11-15-7-6-8-28(19(15)12-27)23(30)31-24(3,4)5/h10,15,19H,6-9,11-12H2,1-5H3,(H2,26,29). The summed E-state index contributed by atoms with van der Waals surface area (Å²) in [7, 11) is 0. The Morgan fingerprint density at radius 1 is 1.23 bits per heavy atom. The van der Waals surface area contributed by atoms with Gasteiger partial charge in [-0.15, -0.1) is 0 Å². The van der Waals surface area contributed by atoms with Gasteiger partial charge in [-0.05, 0) is 77.0 Å². The largest absolute Gasteiger partial charge is 0.444 e. The van der Waals surface area contributed by atoms with Crippen LogP contribution in [-0.4, -0.2) is 48.2 Å². The third-order valence-corrected chi connectivity index (χ3v) is 6.81. The lowest BCUT2D eigenvalue weighted by Crippen LogP contribution is -2.50. The molecule has 0 radical (unpaired) electrons. The zero-order chi connectivity index (χ0) is 22.7. The van der Waals surface area contributed by atoms with E-state index in [1.807, 2.05) is 39.5 Å². The van der Waals surface area contributed by atoms with Crippen LogP contribution in [0.25, 0.3) is 5.57 Å². The lowest BCUT2D eigenvalue weighted by atomic mass is 9.92. The Bertz CT molecular complexity index is 979. The quantitative estimate of drug-likeness (QED) is 0.768. The second-order valence-electron chi connectivity index (χ2n) is 10.1. The maximum atomic E-state index is 15.4. The molecule has 7 heteroatoms. The summed E-state index contributed by atoms with van der Waals surface area (Å²) in [5.41, 5.74) is 9.54. The Hall–Kier alpha value is -2.57. The number of primary amides is 1. The number of anilines is 1. The smallest absolute Gasteiger partial charge is 0.410 e. The van der Waals surface area contributed by atoms with Gasteiger partial charge in [0.25, 0.3) is 0 Å². The van der Waals surface area contributed by atoms with E-state index in [1.165, 1.54) is 6.07 Å². The van der Waals surface area contributed by atoms with Gasteiger partial charge in [0.1, 0.15) is 11.4 Å². The van der Waals surface area contributed by atoms with E-state index in [-0.39, 0.29) is 23.6 Å². The maximum absolute atomic E-state index is 15.4. The van der Waals surface area contributed by atoms with Crippen molar-refractivity contribution in [3.8, 4) is 0 Å². The third-order valence-electron chi connectivity index (χ3n) is 6.81. The van der Waals surface area contributed by atoms with Gasteiger partial charge in [0, 0.05) is 30.8 Å². The minimum atomic E-state index is -0.601. The first kappa shape index (κ1) is 21.7. The number of carbonyl (C=O) groups is 2. The van der Waals surface area contributed by atoms with E-state index < -0.39 is 17.3 Å². The number of rotatable bonds is 2. The minimum absolute atomic E-state index is 0.0127. The van der Waals surface area contributed by atoms with Crippen molar-refractivity contribution in [3.05, 3.63) is 34.1 Å². The van der Waals surface area contributed by atoms with Crippen molar-refractivity contribution < 1.29 is 18.7 Å². The molecule has 2 aliphatic heterocycles. The van der Waals surface area contributed by atoms with Crippen molar-refractivity contribution in [1.29, 1.82) is 0 Å². The zero-order valence-electron chi connectivity index (χ0n) is 19.0. The maximum Gasteiger partial charge on any atom is 0.410 e. The highest BCUT2D eigenvalue weighted by Crippen LogP contribution is 2.45. The monoisotopic (exact) mass is 429 g/mol. The molecule has 2 amide bonds. The summed E-state index contributed by atoms with van der Waals surface area (Å²) < 4.78 is 21.0. The Balaban J connectivity index is 1.69. The molecule has 0 saturated carbocycles. The van der Waals surface area contributed by atoms with Crippen LogP contribution in [0.2, 0.25) is 0 Å². The number of nitrogens with two attached hydrogens (primary N) is 1. The lowest BCUT2D eigenvalue weighted by molar-refractivity contribution is 0.00669. The highest BCUT2D eigenvalue weighted by molar-refractivity contribution is 5.99. The molecule has 4 rings (SSSR count). The van der Waals surface area contributed by atoms with Crippen LogP contribution in [0.5, 0.6) is 0 Å². The summed E-state index contributed by atoms with van der Waals surface area (Å²) in [5, 5.41) is 0. The van der Waals surface area contributed by atoms with Crippen LogP contribution in [0, 0.1) is 11.7 Å². The number of nitrogens with zero attached hydrogens (tertiary/aromatic N) is 2. The summed E-state index contributed by atoms with van der Waals surface area (Å²) in [6.45, 7) is 11.5. The summed E-state index contributed by atoms with van der Waals surface area (Å²) in [6, 6.07) is 1.27. The number of hydrogen-bond donors (Lipinski definition) is 1. The van der Waals surface area contributed by atoms with E-state index in [0.717, 1.165) is 35.1 Å². The van der Waals surface area contributed by atoms with E-state index >= 15 is 4.39 Å². The van der Waals surface area contributed by atoms with Crippen molar-refractivity contribution in [3.63, 3.8) is 0 Å². The molecule has 0 spiro atoms. The molecule has 1 aromatic carbocycles. The molecule has 2 heterocycles. The number of hydrogen-bond acceptors (Lipinski definition) is 4. The molecule has 3 aliphatic rings. The van der Waals surface area contributed by atoms with E-state index in [4.69, 9.17) is 10.5 Å². The van der Waals surface area contributed by atoms with Crippen molar-refractivity contribution in [2.24, 2.45) is 11.7 Å². The molecule has 2 unspecified atom stereocenters. The Labute approximate surface area is 183 Å². The highest BCUT2D eigenvalue weighted by atomic mass is 19.1. The van der Waals surface area contributed by atoms with Gasteiger partial charge < -0.3 is 20.3 Å². The Morgan fingerprint density at radius 2 is 1.94 bits per heavy atom. The average Bonchev–Trinajstić information content (AvgIpc) is 3.21. The van der Waals surface area contributed by atoms with Gasteiger partial charge in [-0.2, -0.15) is 0 Å². The minimum Gasteiger partial charge on any atom is -0.444 e. The molecule has 2 saturated heterocycles. The van der Waals surface area contributed by atoms with Crippen molar-refractivity contribution in [2.45, 2.75) is 65.5 Å². The molecule has 168 valence electrons. The van der Waals surface area contributed by atoms with Crippen LogP contribution in [-0.2, 0) is 11.2 Å². The van der Waals surface area contributed by atoms with Gasteiger partial charge in [-0.3, -0.25) is 4.79 Å². The summed E-state index contributed by atoms with van der Waals surface area (Å²) in [6.07, 6.45) is 2.22. The molecule has 2 fully saturated rings. The Morgan fingerprint density at radius 3 is 2.58 bits per heavy atom. The first-order valence-electron chi connectivity index (χ1n) is 11.0. The molecule has 2 N–H and O–H groups in total. The first-order chi connectivity index (χ1) is 14.5. The molecule has 6 nitrogen and oxygen atoms in total. The molecular formula is C24H32FN3O3. The van der Waals surface area contributed by atoms with Gasteiger partial charge in [0.15, 0.2) is 0 Å². The predicted octanol–water partition coefficient (Wildman–Crippen LogP) is 4.11. The van der Waals surface area contributed by atoms with E-state index in [1.54, 1.807) is 0 Å². The fourth-order valence-corrected chi connectivity index (χ4v) is 5.32. The van der Waals surface area contributed by atoms with Crippen molar-refractivity contribution in [2.75, 3.05) is 24.5 Å². The fraction of sp³-hybridized carbons (Fsp3) is 0.583. The molecule has 31 heavy (non-hydrogen) atoms. The summed E-state index contributed by atoms with van der Waals surface area (Å²) in [5.74, 6) is -0.765. The fourth-order valence-electron chi connectivity index (χ4n) is 5.32. The highest BCUT2D eigenvalue weighted by Gasteiger charge is 2.44. The van der Waals surface area contributed by atoms with Crippen LogP contribution in [0.1, 0.15) is 68.9 Å². The number of benzene rings is 1. The second-order valence-corrected chi connectivity index (χ2v) is 10.1. The average molecular weight is 430 g/mol. The predicted molar refractivity (Wildman–Crippen MR) is 119 cm³/mol. The van der Waals surface area contributed by atoms with Crippen molar-refractivity contribution in [1.82, 2.24) is 4.90 Å². The normalized spacial score (nSPS) is 23.2. The number of ether oxygens (including phenoxy) is 1. The van der Waals surface area contributed by atoms with Crippen LogP contribution >= 0.6 is 0 Å². The topological polar surface area (TPSA) is 75.9 Å². The zero-order valence-corrected chi connectivity index (χ0v) is 19.0. The van der Waals surface area contributed by atoms with Crippen LogP contribution < -0.4 is 10.6 Å². The van der Waals surface area contributed by atoms with Gasteiger partial charge in [-0.25, -0.2) is 9.18 Å². The number of piperidine rings is 1. The van der Waals surface area contributed by atoms with E-state index in [9.17, 15) is 9.59 Å². The summed E-state index contributed by atoms with van der Waals surface area (Å²) in [4.78, 5) is 28.7. The molecule has 2 atom stereocenters. The van der Waals surface area contributed by atoms with Crippen LogP contribution in [0.15, 0.2) is 11.6 Å². The summed E-state index contributed by atoms with van der Waals surface area (Å²) >= 11 is 0. The first-order valence-corrected chi connectivity index (χ1v) is 11.0. The Kier molecular flexibility index (Phi) is 5.26. The molecule has 1 aromatic rings. The second kappa shape index (κ2) is 7.53. The molecule has 0 aromatic heterocycles. The number of amides is 2. The molecular weight excluding hydrogens is 397 g/mol. The van der Waals surface area contributed by atoms with Gasteiger partial charge in [-0.1, -0.05) is 5.57 Å². The van der Waals surface area contributed by atoms with E-state index in [0.29, 0.717) is 31.7 Å². The molecule has 1 aliphatic carbocycles. The number of fused-ring (bicyclic) bond motifs is 2.